The van der Waals surface area contributed by atoms with Crippen LogP contribution in [0.5, 0.6) is 0 Å². The summed E-state index contributed by atoms with van der Waals surface area (Å²) in [6.45, 7) is 7.44. The first-order valence-electron chi connectivity index (χ1n) is 3.04. The summed E-state index contributed by atoms with van der Waals surface area (Å²) >= 11 is 0. The van der Waals surface area contributed by atoms with Crippen molar-refractivity contribution in [3.8, 4) is 0 Å². The van der Waals surface area contributed by atoms with Gasteiger partial charge in [0.2, 0.25) is 0 Å². The number of ketones is 1. The van der Waals surface area contributed by atoms with Crippen LogP contribution in [0, 0.1) is 12.8 Å². The Morgan fingerprint density at radius 2 is 2.11 bits per heavy atom. The van der Waals surface area contributed by atoms with Crippen molar-refractivity contribution in [2.24, 2.45) is 5.92 Å². The van der Waals surface area contributed by atoms with Gasteiger partial charge in [-0.1, -0.05) is 13.8 Å². The van der Waals surface area contributed by atoms with Crippen LogP contribution in [0.3, 0.4) is 0 Å². The predicted octanol–water partition coefficient (Wildman–Crippen LogP) is 1.82. The molecule has 0 aliphatic rings. The van der Waals surface area contributed by atoms with Gasteiger partial charge in [0, 0.05) is 34.1 Å². The minimum absolute atomic E-state index is 0. The van der Waals surface area contributed by atoms with E-state index in [0.717, 1.165) is 6.42 Å². The van der Waals surface area contributed by atoms with E-state index in [2.05, 4.69) is 6.92 Å². The Balaban J connectivity index is 0. The third-order valence-electron chi connectivity index (χ3n) is 1.05. The summed E-state index contributed by atoms with van der Waals surface area (Å²) in [5.41, 5.74) is 0. The van der Waals surface area contributed by atoms with Gasteiger partial charge < -0.3 is 0 Å². The van der Waals surface area contributed by atoms with E-state index >= 15 is 0 Å². The van der Waals surface area contributed by atoms with Gasteiger partial charge in [0.15, 0.2) is 0 Å². The van der Waals surface area contributed by atoms with Crippen molar-refractivity contribution in [2.45, 2.75) is 26.7 Å². The van der Waals surface area contributed by atoms with Gasteiger partial charge in [0.05, 0.1) is 0 Å². The summed E-state index contributed by atoms with van der Waals surface area (Å²) in [6, 6.07) is 0. The average molecular weight is 161 g/mol. The molecule has 0 aromatic carbocycles. The Bertz CT molecular complexity index is 79.0. The Morgan fingerprint density at radius 1 is 1.67 bits per heavy atom. The molecule has 1 atom stereocenters. The van der Waals surface area contributed by atoms with Crippen molar-refractivity contribution < 1.29 is 26.5 Å². The topological polar surface area (TPSA) is 17.1 Å². The van der Waals surface area contributed by atoms with Crippen LogP contribution in [0.4, 0.5) is 0 Å². The third-order valence-corrected chi connectivity index (χ3v) is 1.05. The maximum atomic E-state index is 10.7. The zero-order chi connectivity index (χ0) is 6.57. The van der Waals surface area contributed by atoms with Crippen LogP contribution in [0.25, 0.3) is 0 Å². The molecular weight excluding hydrogens is 148 g/mol. The van der Waals surface area contributed by atoms with E-state index in [1.807, 2.05) is 13.8 Å². The van der Waals surface area contributed by atoms with Crippen molar-refractivity contribution in [1.29, 1.82) is 0 Å². The first-order chi connectivity index (χ1) is 3.68. The van der Waals surface area contributed by atoms with E-state index in [4.69, 9.17) is 0 Å². The molecule has 51 valence electrons. The number of carbonyl (C=O) groups is 1. The smallest absolute Gasteiger partial charge is 0.135 e. The third kappa shape index (κ3) is 6.27. The maximum Gasteiger partial charge on any atom is 0.135 e. The zero-order valence-electron chi connectivity index (χ0n) is 6.11. The van der Waals surface area contributed by atoms with Gasteiger partial charge >= 0.3 is 0 Å². The van der Waals surface area contributed by atoms with Crippen molar-refractivity contribution >= 4 is 5.78 Å². The van der Waals surface area contributed by atoms with Gasteiger partial charge in [0.25, 0.3) is 0 Å². The number of carbonyl (C=O) groups excluding carboxylic acids is 1. The minimum Gasteiger partial charge on any atom is -0.299 e. The zero-order valence-corrected chi connectivity index (χ0v) is 7.67. The number of hydrogen-bond acceptors (Lipinski definition) is 1. The summed E-state index contributed by atoms with van der Waals surface area (Å²) in [6.07, 6.45) is 1.63. The summed E-state index contributed by atoms with van der Waals surface area (Å²) in [7, 11) is 0. The Kier molecular flexibility index (Phi) is 8.74. The molecule has 0 saturated carbocycles. The van der Waals surface area contributed by atoms with Crippen LogP contribution < -0.4 is 0 Å². The predicted molar refractivity (Wildman–Crippen MR) is 34.4 cm³/mol. The fraction of sp³-hybridized carbons (Fsp3) is 0.714. The second-order valence-corrected chi connectivity index (χ2v) is 2.12. The molecule has 0 heterocycles. The Hall–Kier alpha value is 0.384. The molecule has 0 fully saturated rings. The Morgan fingerprint density at radius 3 is 2.22 bits per heavy atom. The molecule has 0 saturated heterocycles. The second-order valence-electron chi connectivity index (χ2n) is 2.12. The van der Waals surface area contributed by atoms with Crippen molar-refractivity contribution in [1.82, 2.24) is 0 Å². The fourth-order valence-corrected chi connectivity index (χ4v) is 0.493. The average Bonchev–Trinajstić information content (AvgIpc) is 1.67. The van der Waals surface area contributed by atoms with Crippen molar-refractivity contribution in [2.75, 3.05) is 0 Å². The van der Waals surface area contributed by atoms with E-state index in [1.54, 1.807) is 0 Å². The Labute approximate surface area is 72.1 Å². The van der Waals surface area contributed by atoms with Gasteiger partial charge in [-0.2, -0.15) is 0 Å². The van der Waals surface area contributed by atoms with Crippen LogP contribution in [-0.2, 0) is 26.5 Å². The molecule has 0 amide bonds. The number of rotatable bonds is 3. The fourth-order valence-electron chi connectivity index (χ4n) is 0.493. The standard InChI is InChI=1S/C7H13O.Ti/c1-4-5-7(8)6(2)3;/h6H,2,4-5H2,1,3H3;. The van der Waals surface area contributed by atoms with Crippen LogP contribution in [-0.4, -0.2) is 5.78 Å². The van der Waals surface area contributed by atoms with Crippen molar-refractivity contribution in [3.05, 3.63) is 6.92 Å². The van der Waals surface area contributed by atoms with Crippen molar-refractivity contribution in [3.63, 3.8) is 0 Å². The summed E-state index contributed by atoms with van der Waals surface area (Å²) in [4.78, 5) is 10.7. The van der Waals surface area contributed by atoms with Gasteiger partial charge in [0.1, 0.15) is 5.78 Å². The van der Waals surface area contributed by atoms with E-state index in [0.29, 0.717) is 6.42 Å². The molecule has 0 bridgehead atoms. The molecule has 0 aromatic heterocycles. The van der Waals surface area contributed by atoms with E-state index < -0.39 is 0 Å². The second kappa shape index (κ2) is 6.50. The SMILES string of the molecule is [CH2]C(C)C(=O)CCC.[Ti]. The number of Topliss-reactive ketones (excluding diaryl/α,β-unsaturated/α-hetero) is 1. The summed E-state index contributed by atoms with van der Waals surface area (Å²) < 4.78 is 0. The minimum atomic E-state index is -0.0186. The van der Waals surface area contributed by atoms with E-state index in [-0.39, 0.29) is 33.4 Å². The van der Waals surface area contributed by atoms with Crippen LogP contribution in [0.1, 0.15) is 26.7 Å². The van der Waals surface area contributed by atoms with Gasteiger partial charge in [-0.3, -0.25) is 4.79 Å². The molecule has 9 heavy (non-hydrogen) atoms. The molecule has 0 spiro atoms. The van der Waals surface area contributed by atoms with Gasteiger partial charge in [-0.25, -0.2) is 0 Å². The molecule has 2 heteroatoms. The quantitative estimate of drug-likeness (QED) is 0.577. The summed E-state index contributed by atoms with van der Waals surface area (Å²) in [5, 5.41) is 0. The molecule has 0 N–H and O–H groups in total. The van der Waals surface area contributed by atoms with E-state index in [9.17, 15) is 4.79 Å². The molecule has 1 unspecified atom stereocenters. The van der Waals surface area contributed by atoms with E-state index in [1.165, 1.54) is 0 Å². The summed E-state index contributed by atoms with van der Waals surface area (Å²) in [5.74, 6) is 0.252. The van der Waals surface area contributed by atoms with Gasteiger partial charge in [-0.15, -0.1) is 0 Å². The van der Waals surface area contributed by atoms with Crippen LogP contribution in [0.2, 0.25) is 0 Å². The maximum absolute atomic E-state index is 10.7. The molecule has 0 aliphatic carbocycles. The molecule has 1 radical (unpaired) electrons. The largest absolute Gasteiger partial charge is 0.299 e. The van der Waals surface area contributed by atoms with Crippen LogP contribution in [0.15, 0.2) is 0 Å². The van der Waals surface area contributed by atoms with Crippen LogP contribution >= 0.6 is 0 Å². The molecule has 0 aromatic rings. The molecule has 1 nitrogen and oxygen atoms in total. The number of hydrogen-bond donors (Lipinski definition) is 0. The molecule has 0 aliphatic heterocycles. The first kappa shape index (κ1) is 12.1. The van der Waals surface area contributed by atoms with Gasteiger partial charge in [-0.05, 0) is 13.3 Å². The first-order valence-corrected chi connectivity index (χ1v) is 3.04. The monoisotopic (exact) mass is 161 g/mol. The molecular formula is C7H13OTi. The molecule has 0 rings (SSSR count). The normalized spacial score (nSPS) is 8.89.